The average molecular weight is 385 g/mol. The highest BCUT2D eigenvalue weighted by atomic mass is 79.9. The summed E-state index contributed by atoms with van der Waals surface area (Å²) in [6, 6.07) is 13.8. The maximum Gasteiger partial charge on any atom is 0.143 e. The second-order valence-corrected chi connectivity index (χ2v) is 6.30. The lowest BCUT2D eigenvalue weighted by molar-refractivity contribution is 0.308. The van der Waals surface area contributed by atoms with Crippen molar-refractivity contribution in [2.45, 2.75) is 12.8 Å². The van der Waals surface area contributed by atoms with Gasteiger partial charge in [-0.3, -0.25) is 0 Å². The number of hydrogen-bond donors (Lipinski definition) is 1. The predicted octanol–water partition coefficient (Wildman–Crippen LogP) is 4.75. The predicted molar refractivity (Wildman–Crippen MR) is 95.3 cm³/mol. The van der Waals surface area contributed by atoms with Crippen LogP contribution in [-0.4, -0.2) is 11.6 Å². The highest BCUT2D eigenvalue weighted by Crippen LogP contribution is 2.32. The van der Waals surface area contributed by atoms with Gasteiger partial charge in [0.15, 0.2) is 0 Å². The Hall–Kier alpha value is -1.10. The number of thiocarbonyl (C=S) groups is 1. The minimum Gasteiger partial charge on any atom is -0.492 e. The topological polar surface area (TPSA) is 35.2 Å². The van der Waals surface area contributed by atoms with Gasteiger partial charge in [-0.25, -0.2) is 0 Å². The lowest BCUT2D eigenvalue weighted by Gasteiger charge is -2.13. The summed E-state index contributed by atoms with van der Waals surface area (Å²) in [6.07, 6.45) is 1.88. The molecule has 0 aliphatic carbocycles. The molecule has 2 nitrogen and oxygen atoms in total. The SMILES string of the molecule is NC(=S)c1cc(Cl)cc(Br)c1OCCCc1ccccc1. The molecule has 5 heteroatoms. The minimum atomic E-state index is 0.274. The summed E-state index contributed by atoms with van der Waals surface area (Å²) in [7, 11) is 0. The third-order valence-electron chi connectivity index (χ3n) is 2.97. The molecule has 0 spiro atoms. The zero-order chi connectivity index (χ0) is 15.2. The number of benzene rings is 2. The number of ether oxygens (including phenoxy) is 1. The third-order valence-corrected chi connectivity index (χ3v) is 4.00. The molecule has 0 radical (unpaired) electrons. The Morgan fingerprint density at radius 1 is 1.24 bits per heavy atom. The van der Waals surface area contributed by atoms with Gasteiger partial charge in [-0.15, -0.1) is 0 Å². The number of nitrogens with two attached hydrogens (primary N) is 1. The molecule has 0 aliphatic heterocycles. The standard InChI is InChI=1S/C16H15BrClNOS/c17-14-10-12(18)9-13(16(19)21)15(14)20-8-4-7-11-5-2-1-3-6-11/h1-3,5-6,9-10H,4,7-8H2,(H2,19,21). The van der Waals surface area contributed by atoms with Crippen molar-refractivity contribution < 1.29 is 4.74 Å². The Morgan fingerprint density at radius 3 is 2.62 bits per heavy atom. The molecule has 0 unspecified atom stereocenters. The highest BCUT2D eigenvalue weighted by Gasteiger charge is 2.12. The summed E-state index contributed by atoms with van der Waals surface area (Å²) in [6.45, 7) is 0.588. The van der Waals surface area contributed by atoms with Crippen LogP contribution < -0.4 is 10.5 Å². The molecule has 0 aromatic heterocycles. The van der Waals surface area contributed by atoms with Gasteiger partial charge in [-0.05, 0) is 46.5 Å². The van der Waals surface area contributed by atoms with Gasteiger partial charge in [0.25, 0.3) is 0 Å². The molecule has 2 rings (SSSR count). The van der Waals surface area contributed by atoms with Crippen molar-refractivity contribution in [1.29, 1.82) is 0 Å². The second-order valence-electron chi connectivity index (χ2n) is 4.57. The minimum absolute atomic E-state index is 0.274. The first-order valence-electron chi connectivity index (χ1n) is 6.53. The maximum atomic E-state index is 6.01. The molecule has 0 aliphatic rings. The molecule has 2 aromatic rings. The molecule has 0 saturated heterocycles. The summed E-state index contributed by atoms with van der Waals surface area (Å²) < 4.78 is 6.59. The molecule has 0 atom stereocenters. The van der Waals surface area contributed by atoms with E-state index >= 15 is 0 Å². The monoisotopic (exact) mass is 383 g/mol. The third kappa shape index (κ3) is 4.70. The van der Waals surface area contributed by atoms with E-state index in [0.29, 0.717) is 22.9 Å². The van der Waals surface area contributed by atoms with Gasteiger partial charge >= 0.3 is 0 Å². The van der Waals surface area contributed by atoms with Crippen LogP contribution in [0.5, 0.6) is 5.75 Å². The van der Waals surface area contributed by atoms with Crippen LogP contribution in [0.1, 0.15) is 17.5 Å². The fourth-order valence-electron chi connectivity index (χ4n) is 1.99. The number of aryl methyl sites for hydroxylation is 1. The average Bonchev–Trinajstić information content (AvgIpc) is 2.45. The van der Waals surface area contributed by atoms with Gasteiger partial charge < -0.3 is 10.5 Å². The molecule has 0 amide bonds. The second kappa shape index (κ2) is 7.78. The van der Waals surface area contributed by atoms with Crippen LogP contribution in [0.3, 0.4) is 0 Å². The summed E-state index contributed by atoms with van der Waals surface area (Å²) in [5.74, 6) is 0.653. The van der Waals surface area contributed by atoms with Crippen molar-refractivity contribution in [3.8, 4) is 5.75 Å². The van der Waals surface area contributed by atoms with Crippen LogP contribution in [0.25, 0.3) is 0 Å². The van der Waals surface area contributed by atoms with E-state index in [2.05, 4.69) is 28.1 Å². The Bertz CT molecular complexity index is 634. The van der Waals surface area contributed by atoms with Crippen LogP contribution >= 0.6 is 39.7 Å². The molecule has 110 valence electrons. The van der Waals surface area contributed by atoms with Crippen LogP contribution in [0.2, 0.25) is 5.02 Å². The first-order valence-corrected chi connectivity index (χ1v) is 8.11. The van der Waals surface area contributed by atoms with Crippen LogP contribution in [0.15, 0.2) is 46.9 Å². The lowest BCUT2D eigenvalue weighted by Crippen LogP contribution is -2.13. The van der Waals surface area contributed by atoms with Crippen molar-refractivity contribution in [2.24, 2.45) is 5.73 Å². The van der Waals surface area contributed by atoms with Crippen LogP contribution in [0.4, 0.5) is 0 Å². The van der Waals surface area contributed by atoms with E-state index in [-0.39, 0.29) is 4.99 Å². The number of rotatable bonds is 6. The van der Waals surface area contributed by atoms with Gasteiger partial charge in [0.1, 0.15) is 10.7 Å². The normalized spacial score (nSPS) is 10.4. The first kappa shape index (κ1) is 16.3. The van der Waals surface area contributed by atoms with Gasteiger partial charge in [-0.1, -0.05) is 54.2 Å². The van der Waals surface area contributed by atoms with E-state index in [1.54, 1.807) is 12.1 Å². The Kier molecular flexibility index (Phi) is 6.03. The van der Waals surface area contributed by atoms with E-state index < -0.39 is 0 Å². The van der Waals surface area contributed by atoms with Gasteiger partial charge in [-0.2, -0.15) is 0 Å². The first-order chi connectivity index (χ1) is 10.1. The lowest BCUT2D eigenvalue weighted by atomic mass is 10.1. The molecule has 21 heavy (non-hydrogen) atoms. The zero-order valence-corrected chi connectivity index (χ0v) is 14.5. The van der Waals surface area contributed by atoms with E-state index in [9.17, 15) is 0 Å². The van der Waals surface area contributed by atoms with Crippen molar-refractivity contribution in [3.63, 3.8) is 0 Å². The zero-order valence-electron chi connectivity index (χ0n) is 11.3. The smallest absolute Gasteiger partial charge is 0.143 e. The molecule has 0 fully saturated rings. The van der Waals surface area contributed by atoms with Crippen molar-refractivity contribution in [1.82, 2.24) is 0 Å². The summed E-state index contributed by atoms with van der Waals surface area (Å²) >= 11 is 14.5. The van der Waals surface area contributed by atoms with E-state index in [1.807, 2.05) is 18.2 Å². The highest BCUT2D eigenvalue weighted by molar-refractivity contribution is 9.10. The molecule has 2 aromatic carbocycles. The largest absolute Gasteiger partial charge is 0.492 e. The molecule has 0 heterocycles. The fraction of sp³-hybridized carbons (Fsp3) is 0.188. The quantitative estimate of drug-likeness (QED) is 0.576. The fourth-order valence-corrected chi connectivity index (χ4v) is 3.06. The van der Waals surface area contributed by atoms with E-state index in [0.717, 1.165) is 17.3 Å². The number of halogens is 2. The molecular formula is C16H15BrClNOS. The Morgan fingerprint density at radius 2 is 1.95 bits per heavy atom. The van der Waals surface area contributed by atoms with E-state index in [4.69, 9.17) is 34.3 Å². The van der Waals surface area contributed by atoms with Crippen molar-refractivity contribution >= 4 is 44.7 Å². The summed E-state index contributed by atoms with van der Waals surface area (Å²) in [5.41, 5.74) is 7.67. The Labute approximate surface area is 143 Å². The maximum absolute atomic E-state index is 6.01. The number of hydrogen-bond acceptors (Lipinski definition) is 2. The van der Waals surface area contributed by atoms with Crippen molar-refractivity contribution in [3.05, 3.63) is 63.1 Å². The van der Waals surface area contributed by atoms with Crippen molar-refractivity contribution in [2.75, 3.05) is 6.61 Å². The Balaban J connectivity index is 1.98. The van der Waals surface area contributed by atoms with E-state index in [1.165, 1.54) is 5.56 Å². The molecule has 2 N–H and O–H groups in total. The summed E-state index contributed by atoms with van der Waals surface area (Å²) in [5, 5.41) is 0.571. The van der Waals surface area contributed by atoms with Gasteiger partial charge in [0, 0.05) is 5.02 Å². The van der Waals surface area contributed by atoms with Crippen LogP contribution in [0, 0.1) is 0 Å². The summed E-state index contributed by atoms with van der Waals surface area (Å²) in [4.78, 5) is 0.274. The van der Waals surface area contributed by atoms with Gasteiger partial charge in [0.05, 0.1) is 16.6 Å². The molecular weight excluding hydrogens is 370 g/mol. The molecule has 0 bridgehead atoms. The van der Waals surface area contributed by atoms with Crippen LogP contribution in [-0.2, 0) is 6.42 Å². The molecule has 0 saturated carbocycles. The van der Waals surface area contributed by atoms with Gasteiger partial charge in [0.2, 0.25) is 0 Å².